The Kier molecular flexibility index (Phi) is 6.02. The van der Waals surface area contributed by atoms with Crippen LogP contribution in [-0.4, -0.2) is 45.4 Å². The van der Waals surface area contributed by atoms with Crippen molar-refractivity contribution < 1.29 is 24.1 Å². The Morgan fingerprint density at radius 2 is 1.76 bits per heavy atom. The molecule has 6 heteroatoms. The fourth-order valence-electron chi connectivity index (χ4n) is 4.17. The number of carbonyl (C=O) groups is 1. The van der Waals surface area contributed by atoms with Crippen LogP contribution in [0.4, 0.5) is 0 Å². The Morgan fingerprint density at radius 1 is 1.03 bits per heavy atom. The molecule has 2 aromatic rings. The Morgan fingerprint density at radius 3 is 2.55 bits per heavy atom. The van der Waals surface area contributed by atoms with Gasteiger partial charge in [0.2, 0.25) is 6.79 Å². The van der Waals surface area contributed by atoms with Gasteiger partial charge in [-0.15, -0.1) is 0 Å². The van der Waals surface area contributed by atoms with Gasteiger partial charge in [-0.1, -0.05) is 30.3 Å². The van der Waals surface area contributed by atoms with Gasteiger partial charge in [-0.05, 0) is 37.1 Å². The van der Waals surface area contributed by atoms with E-state index in [1.165, 1.54) is 16.0 Å². The van der Waals surface area contributed by atoms with Crippen LogP contribution in [0.2, 0.25) is 0 Å². The quantitative estimate of drug-likeness (QED) is 0.637. The summed E-state index contributed by atoms with van der Waals surface area (Å²) in [4.78, 5) is 15.5. The fourth-order valence-corrected chi connectivity index (χ4v) is 4.17. The highest BCUT2D eigenvalue weighted by Crippen LogP contribution is 2.34. The van der Waals surface area contributed by atoms with E-state index in [9.17, 15) is 4.79 Å². The van der Waals surface area contributed by atoms with Gasteiger partial charge in [0.15, 0.2) is 18.0 Å². The number of carbonyl (C=O) groups excluding carboxylic acids is 1. The maximum Gasteiger partial charge on any atom is 0.275 e. The van der Waals surface area contributed by atoms with Crippen LogP contribution in [0, 0.1) is 6.92 Å². The van der Waals surface area contributed by atoms with E-state index < -0.39 is 0 Å². The van der Waals surface area contributed by atoms with E-state index in [0.717, 1.165) is 49.8 Å². The molecule has 4 rings (SSSR count). The summed E-state index contributed by atoms with van der Waals surface area (Å²) < 4.78 is 10.8. The highest BCUT2D eigenvalue weighted by molar-refractivity contribution is 5.77. The minimum atomic E-state index is -0.0515. The SMILES string of the molecule is Cc1ccccc1C[NH+]1CC[NH+](CC(=O)N[C@@H](C)c2ccc3c(c2)OCO3)CC1. The normalized spacial score (nSPS) is 21.6. The van der Waals surface area contributed by atoms with Crippen LogP contribution in [-0.2, 0) is 11.3 Å². The molecule has 0 unspecified atom stereocenters. The lowest BCUT2D eigenvalue weighted by Crippen LogP contribution is -3.28. The van der Waals surface area contributed by atoms with Gasteiger partial charge in [-0.25, -0.2) is 0 Å². The predicted molar refractivity (Wildman–Crippen MR) is 110 cm³/mol. The largest absolute Gasteiger partial charge is 0.454 e. The number of hydrogen-bond acceptors (Lipinski definition) is 3. The third kappa shape index (κ3) is 4.89. The van der Waals surface area contributed by atoms with E-state index >= 15 is 0 Å². The molecule has 2 aliphatic rings. The van der Waals surface area contributed by atoms with Gasteiger partial charge >= 0.3 is 0 Å². The van der Waals surface area contributed by atoms with E-state index in [-0.39, 0.29) is 18.7 Å². The first kappa shape index (κ1) is 19.7. The van der Waals surface area contributed by atoms with Crippen molar-refractivity contribution in [2.24, 2.45) is 0 Å². The lowest BCUT2D eigenvalue weighted by molar-refractivity contribution is -1.02. The zero-order valence-corrected chi connectivity index (χ0v) is 17.3. The molecule has 0 bridgehead atoms. The third-order valence-corrected chi connectivity index (χ3v) is 6.05. The molecule has 6 nitrogen and oxygen atoms in total. The summed E-state index contributed by atoms with van der Waals surface area (Å²) in [5.41, 5.74) is 3.83. The maximum absolute atomic E-state index is 12.6. The highest BCUT2D eigenvalue weighted by atomic mass is 16.7. The summed E-state index contributed by atoms with van der Waals surface area (Å²) in [6.45, 7) is 10.3. The summed E-state index contributed by atoms with van der Waals surface area (Å²) in [5, 5.41) is 3.13. The average Bonchev–Trinajstić information content (AvgIpc) is 3.19. The van der Waals surface area contributed by atoms with Crippen LogP contribution in [0.3, 0.4) is 0 Å². The van der Waals surface area contributed by atoms with Crippen LogP contribution < -0.4 is 24.6 Å². The van der Waals surface area contributed by atoms with E-state index in [1.807, 2.05) is 25.1 Å². The number of rotatable bonds is 6. The molecular weight excluding hydrogens is 366 g/mol. The second-order valence-electron chi connectivity index (χ2n) is 8.18. The zero-order chi connectivity index (χ0) is 20.2. The van der Waals surface area contributed by atoms with E-state index in [2.05, 4.69) is 36.5 Å². The van der Waals surface area contributed by atoms with E-state index in [4.69, 9.17) is 9.47 Å². The van der Waals surface area contributed by atoms with Crippen LogP contribution in [0.1, 0.15) is 29.7 Å². The maximum atomic E-state index is 12.6. The lowest BCUT2D eigenvalue weighted by Gasteiger charge is -2.30. The molecule has 1 saturated heterocycles. The first-order valence-corrected chi connectivity index (χ1v) is 10.5. The number of fused-ring (bicyclic) bond motifs is 1. The van der Waals surface area contributed by atoms with Crippen molar-refractivity contribution in [1.82, 2.24) is 5.32 Å². The second-order valence-corrected chi connectivity index (χ2v) is 8.18. The first-order valence-electron chi connectivity index (χ1n) is 10.5. The highest BCUT2D eigenvalue weighted by Gasteiger charge is 2.26. The van der Waals surface area contributed by atoms with Crippen molar-refractivity contribution in [2.45, 2.75) is 26.4 Å². The molecule has 29 heavy (non-hydrogen) atoms. The van der Waals surface area contributed by atoms with Crippen molar-refractivity contribution in [3.8, 4) is 11.5 Å². The molecule has 1 atom stereocenters. The number of nitrogens with one attached hydrogen (secondary N) is 3. The average molecular weight is 398 g/mol. The minimum absolute atomic E-state index is 0.0515. The van der Waals surface area contributed by atoms with Gasteiger partial charge in [-0.2, -0.15) is 0 Å². The van der Waals surface area contributed by atoms with Gasteiger partial charge in [-0.3, -0.25) is 4.79 Å². The van der Waals surface area contributed by atoms with Gasteiger partial charge in [0.25, 0.3) is 5.91 Å². The number of aryl methyl sites for hydroxylation is 1. The molecular formula is C23H31N3O3+2. The molecule has 2 aliphatic heterocycles. The monoisotopic (exact) mass is 397 g/mol. The standard InChI is InChI=1S/C23H29N3O3/c1-17-5-3-4-6-20(17)14-25-9-11-26(12-10-25)15-23(27)24-18(2)19-7-8-21-22(13-19)29-16-28-21/h3-8,13,18H,9-12,14-16H2,1-2H3,(H,24,27)/p+2/t18-/m0/s1. The Balaban J connectivity index is 1.23. The smallest absolute Gasteiger partial charge is 0.275 e. The van der Waals surface area contributed by atoms with Gasteiger partial charge in [0, 0.05) is 5.56 Å². The number of piperazine rings is 1. The zero-order valence-electron chi connectivity index (χ0n) is 17.3. The topological polar surface area (TPSA) is 56.4 Å². The molecule has 3 N–H and O–H groups in total. The van der Waals surface area contributed by atoms with Crippen molar-refractivity contribution in [3.05, 3.63) is 59.2 Å². The van der Waals surface area contributed by atoms with Crippen molar-refractivity contribution in [1.29, 1.82) is 0 Å². The molecule has 2 heterocycles. The fraction of sp³-hybridized carbons (Fsp3) is 0.435. The molecule has 0 aliphatic carbocycles. The van der Waals surface area contributed by atoms with Gasteiger partial charge in [0.05, 0.1) is 6.04 Å². The Hall–Kier alpha value is -2.57. The Labute approximate surface area is 172 Å². The molecule has 0 aromatic heterocycles. The molecule has 1 fully saturated rings. The van der Waals surface area contributed by atoms with Crippen molar-refractivity contribution >= 4 is 5.91 Å². The van der Waals surface area contributed by atoms with Crippen LogP contribution in [0.5, 0.6) is 11.5 Å². The number of ether oxygens (including phenoxy) is 2. The predicted octanol–water partition coefficient (Wildman–Crippen LogP) is -0.115. The van der Waals surface area contributed by atoms with Gasteiger partial charge in [0.1, 0.15) is 32.7 Å². The summed E-state index contributed by atoms with van der Waals surface area (Å²) >= 11 is 0. The second kappa shape index (κ2) is 8.84. The number of hydrogen-bond donors (Lipinski definition) is 3. The summed E-state index contributed by atoms with van der Waals surface area (Å²) in [5.74, 6) is 1.62. The first-order chi connectivity index (χ1) is 14.1. The molecule has 1 amide bonds. The third-order valence-electron chi connectivity index (χ3n) is 6.05. The van der Waals surface area contributed by atoms with E-state index in [0.29, 0.717) is 6.54 Å². The van der Waals surface area contributed by atoms with Gasteiger partial charge < -0.3 is 24.6 Å². The molecule has 0 radical (unpaired) electrons. The molecule has 0 spiro atoms. The molecule has 0 saturated carbocycles. The summed E-state index contributed by atoms with van der Waals surface area (Å²) in [7, 11) is 0. The van der Waals surface area contributed by atoms with Crippen molar-refractivity contribution in [3.63, 3.8) is 0 Å². The number of quaternary nitrogens is 2. The lowest BCUT2D eigenvalue weighted by atomic mass is 10.1. The van der Waals surface area contributed by atoms with Crippen molar-refractivity contribution in [2.75, 3.05) is 39.5 Å². The van der Waals surface area contributed by atoms with Crippen LogP contribution in [0.25, 0.3) is 0 Å². The number of amides is 1. The summed E-state index contributed by atoms with van der Waals surface area (Å²) in [6.07, 6.45) is 0. The van der Waals surface area contributed by atoms with E-state index in [1.54, 1.807) is 4.90 Å². The number of benzene rings is 2. The van der Waals surface area contributed by atoms with Crippen LogP contribution in [0.15, 0.2) is 42.5 Å². The Bertz CT molecular complexity index is 862. The molecule has 2 aromatic carbocycles. The molecule has 154 valence electrons. The summed E-state index contributed by atoms with van der Waals surface area (Å²) in [6, 6.07) is 14.4. The minimum Gasteiger partial charge on any atom is -0.454 e. The van der Waals surface area contributed by atoms with Crippen LogP contribution >= 0.6 is 0 Å².